The standard InChI is InChI=1S/C9H19NO/c1-2-6-10-9-5-3-4-8(9)7-11/h8-11H,2-7H2,1H3. The fourth-order valence-electron chi connectivity index (χ4n) is 1.85. The Morgan fingerprint density at radius 1 is 1.45 bits per heavy atom. The molecule has 0 aromatic rings. The molecule has 1 aliphatic rings. The first-order chi connectivity index (χ1) is 5.38. The van der Waals surface area contributed by atoms with Gasteiger partial charge in [-0.25, -0.2) is 0 Å². The Hall–Kier alpha value is -0.0800. The van der Waals surface area contributed by atoms with Gasteiger partial charge in [-0.3, -0.25) is 0 Å². The van der Waals surface area contributed by atoms with E-state index in [2.05, 4.69) is 12.2 Å². The fourth-order valence-corrected chi connectivity index (χ4v) is 1.85. The Morgan fingerprint density at radius 3 is 2.91 bits per heavy atom. The lowest BCUT2D eigenvalue weighted by atomic mass is 10.1. The van der Waals surface area contributed by atoms with E-state index < -0.39 is 0 Å². The third kappa shape index (κ3) is 2.46. The molecule has 2 N–H and O–H groups in total. The van der Waals surface area contributed by atoms with Gasteiger partial charge in [-0.15, -0.1) is 0 Å². The van der Waals surface area contributed by atoms with Gasteiger partial charge in [0, 0.05) is 12.6 Å². The minimum absolute atomic E-state index is 0.362. The molecule has 0 radical (unpaired) electrons. The summed E-state index contributed by atoms with van der Waals surface area (Å²) in [5.41, 5.74) is 0. The molecule has 0 bridgehead atoms. The number of nitrogens with one attached hydrogen (secondary N) is 1. The van der Waals surface area contributed by atoms with Crippen LogP contribution in [-0.2, 0) is 0 Å². The average Bonchev–Trinajstić information content (AvgIpc) is 2.47. The van der Waals surface area contributed by atoms with Crippen LogP contribution in [0.15, 0.2) is 0 Å². The zero-order valence-corrected chi connectivity index (χ0v) is 7.34. The van der Waals surface area contributed by atoms with E-state index in [1.807, 2.05) is 0 Å². The molecular weight excluding hydrogens is 138 g/mol. The monoisotopic (exact) mass is 157 g/mol. The third-order valence-corrected chi connectivity index (χ3v) is 2.55. The van der Waals surface area contributed by atoms with E-state index in [4.69, 9.17) is 5.11 Å². The molecule has 0 spiro atoms. The van der Waals surface area contributed by atoms with E-state index in [1.165, 1.54) is 25.7 Å². The van der Waals surface area contributed by atoms with Crippen LogP contribution in [-0.4, -0.2) is 24.3 Å². The lowest BCUT2D eigenvalue weighted by Crippen LogP contribution is -2.34. The number of rotatable bonds is 4. The van der Waals surface area contributed by atoms with Crippen LogP contribution >= 0.6 is 0 Å². The van der Waals surface area contributed by atoms with Crippen molar-refractivity contribution in [3.05, 3.63) is 0 Å². The molecule has 0 amide bonds. The van der Waals surface area contributed by atoms with Gasteiger partial charge in [0.05, 0.1) is 0 Å². The molecule has 1 rings (SSSR count). The van der Waals surface area contributed by atoms with Gasteiger partial charge in [0.2, 0.25) is 0 Å². The van der Waals surface area contributed by atoms with Crippen LogP contribution < -0.4 is 5.32 Å². The van der Waals surface area contributed by atoms with Gasteiger partial charge in [-0.05, 0) is 31.7 Å². The molecule has 0 heterocycles. The Balaban J connectivity index is 2.20. The van der Waals surface area contributed by atoms with E-state index >= 15 is 0 Å². The van der Waals surface area contributed by atoms with Crippen molar-refractivity contribution < 1.29 is 5.11 Å². The SMILES string of the molecule is CCCNC1CCCC1CO. The smallest absolute Gasteiger partial charge is 0.0474 e. The zero-order chi connectivity index (χ0) is 8.10. The summed E-state index contributed by atoms with van der Waals surface area (Å²) in [6, 6.07) is 0.597. The predicted molar refractivity (Wildman–Crippen MR) is 46.5 cm³/mol. The Morgan fingerprint density at radius 2 is 2.27 bits per heavy atom. The first kappa shape index (κ1) is 9.01. The molecular formula is C9H19NO. The maximum absolute atomic E-state index is 9.00. The normalized spacial score (nSPS) is 31.1. The molecule has 1 fully saturated rings. The van der Waals surface area contributed by atoms with Crippen molar-refractivity contribution in [3.8, 4) is 0 Å². The number of aliphatic hydroxyl groups is 1. The van der Waals surface area contributed by atoms with E-state index in [0.717, 1.165) is 6.54 Å². The van der Waals surface area contributed by atoms with Gasteiger partial charge in [-0.2, -0.15) is 0 Å². The highest BCUT2D eigenvalue weighted by molar-refractivity contribution is 4.82. The minimum atomic E-state index is 0.362. The van der Waals surface area contributed by atoms with Crippen LogP contribution in [0.4, 0.5) is 0 Å². The molecule has 2 unspecified atom stereocenters. The summed E-state index contributed by atoms with van der Waals surface area (Å²) in [6.45, 7) is 3.64. The molecule has 11 heavy (non-hydrogen) atoms. The maximum Gasteiger partial charge on any atom is 0.0474 e. The molecule has 2 atom stereocenters. The summed E-state index contributed by atoms with van der Waals surface area (Å²) >= 11 is 0. The van der Waals surface area contributed by atoms with Gasteiger partial charge in [0.1, 0.15) is 0 Å². The van der Waals surface area contributed by atoms with Crippen molar-refractivity contribution in [2.24, 2.45) is 5.92 Å². The highest BCUT2D eigenvalue weighted by atomic mass is 16.3. The van der Waals surface area contributed by atoms with Gasteiger partial charge in [-0.1, -0.05) is 13.3 Å². The van der Waals surface area contributed by atoms with Gasteiger partial charge in [0.25, 0.3) is 0 Å². The van der Waals surface area contributed by atoms with Crippen molar-refractivity contribution in [2.75, 3.05) is 13.2 Å². The van der Waals surface area contributed by atoms with E-state index in [0.29, 0.717) is 18.6 Å². The molecule has 0 saturated heterocycles. The van der Waals surface area contributed by atoms with Crippen molar-refractivity contribution >= 4 is 0 Å². The average molecular weight is 157 g/mol. The molecule has 66 valence electrons. The fraction of sp³-hybridized carbons (Fsp3) is 1.00. The molecule has 2 nitrogen and oxygen atoms in total. The number of hydrogen-bond donors (Lipinski definition) is 2. The van der Waals surface area contributed by atoms with Gasteiger partial charge >= 0.3 is 0 Å². The maximum atomic E-state index is 9.00. The highest BCUT2D eigenvalue weighted by Gasteiger charge is 2.25. The molecule has 2 heteroatoms. The summed E-state index contributed by atoms with van der Waals surface area (Å²) in [7, 11) is 0. The quantitative estimate of drug-likeness (QED) is 0.641. The largest absolute Gasteiger partial charge is 0.396 e. The lowest BCUT2D eigenvalue weighted by Gasteiger charge is -2.18. The first-order valence-electron chi connectivity index (χ1n) is 4.72. The molecule has 0 aromatic heterocycles. The van der Waals surface area contributed by atoms with Crippen molar-refractivity contribution in [1.82, 2.24) is 5.32 Å². The number of hydrogen-bond acceptors (Lipinski definition) is 2. The Labute approximate surface area is 69.0 Å². The zero-order valence-electron chi connectivity index (χ0n) is 7.34. The summed E-state index contributed by atoms with van der Waals surface area (Å²) in [5.74, 6) is 0.529. The van der Waals surface area contributed by atoms with Crippen molar-refractivity contribution in [3.63, 3.8) is 0 Å². The van der Waals surface area contributed by atoms with Crippen molar-refractivity contribution in [1.29, 1.82) is 0 Å². The van der Waals surface area contributed by atoms with E-state index in [1.54, 1.807) is 0 Å². The van der Waals surface area contributed by atoms with E-state index in [-0.39, 0.29) is 0 Å². The first-order valence-corrected chi connectivity index (χ1v) is 4.72. The van der Waals surface area contributed by atoms with Crippen LogP contribution in [0.2, 0.25) is 0 Å². The third-order valence-electron chi connectivity index (χ3n) is 2.55. The Kier molecular flexibility index (Phi) is 3.87. The number of aliphatic hydroxyl groups excluding tert-OH is 1. The molecule has 1 aliphatic carbocycles. The Bertz CT molecular complexity index is 106. The van der Waals surface area contributed by atoms with Crippen LogP contribution in [0.3, 0.4) is 0 Å². The second-order valence-corrected chi connectivity index (χ2v) is 3.43. The summed E-state index contributed by atoms with van der Waals surface area (Å²) < 4.78 is 0. The van der Waals surface area contributed by atoms with Gasteiger partial charge < -0.3 is 10.4 Å². The van der Waals surface area contributed by atoms with Crippen LogP contribution in [0.1, 0.15) is 32.6 Å². The summed E-state index contributed by atoms with van der Waals surface area (Å²) in [5, 5.41) is 12.5. The topological polar surface area (TPSA) is 32.3 Å². The van der Waals surface area contributed by atoms with Crippen LogP contribution in [0.5, 0.6) is 0 Å². The molecule has 0 aliphatic heterocycles. The second-order valence-electron chi connectivity index (χ2n) is 3.43. The minimum Gasteiger partial charge on any atom is -0.396 e. The predicted octanol–water partition coefficient (Wildman–Crippen LogP) is 1.15. The summed E-state index contributed by atoms with van der Waals surface area (Å²) in [6.07, 6.45) is 4.93. The van der Waals surface area contributed by atoms with Crippen molar-refractivity contribution in [2.45, 2.75) is 38.6 Å². The van der Waals surface area contributed by atoms with Gasteiger partial charge in [0.15, 0.2) is 0 Å². The molecule has 1 saturated carbocycles. The highest BCUT2D eigenvalue weighted by Crippen LogP contribution is 2.24. The summed E-state index contributed by atoms with van der Waals surface area (Å²) in [4.78, 5) is 0. The van der Waals surface area contributed by atoms with Crippen LogP contribution in [0.25, 0.3) is 0 Å². The van der Waals surface area contributed by atoms with E-state index in [9.17, 15) is 0 Å². The second kappa shape index (κ2) is 4.73. The van der Waals surface area contributed by atoms with Crippen LogP contribution in [0, 0.1) is 5.92 Å². The lowest BCUT2D eigenvalue weighted by molar-refractivity contribution is 0.206. The molecule has 0 aromatic carbocycles.